The molecule has 1 N–H and O–H groups in total. The molecule has 0 aliphatic carbocycles. The van der Waals surface area contributed by atoms with Gasteiger partial charge in [-0.2, -0.15) is 18.2 Å². The van der Waals surface area contributed by atoms with Crippen LogP contribution in [0.2, 0.25) is 0 Å². The monoisotopic (exact) mass is 427 g/mol. The van der Waals surface area contributed by atoms with E-state index in [1.165, 1.54) is 24.3 Å². The van der Waals surface area contributed by atoms with Gasteiger partial charge in [-0.1, -0.05) is 12.1 Å². The van der Waals surface area contributed by atoms with Crippen molar-refractivity contribution >= 4 is 11.7 Å². The molecule has 0 saturated carbocycles. The number of alkyl halides is 3. The summed E-state index contributed by atoms with van der Waals surface area (Å²) in [7, 11) is 0. The van der Waals surface area contributed by atoms with Crippen LogP contribution in [-0.2, 0) is 22.5 Å². The minimum atomic E-state index is -4.49. The third-order valence-corrected chi connectivity index (χ3v) is 4.31. The lowest BCUT2D eigenvalue weighted by atomic mass is 10.1. The van der Waals surface area contributed by atoms with E-state index in [4.69, 9.17) is 9.47 Å². The molecule has 0 bridgehead atoms. The molecule has 0 unspecified atom stereocenters. The Bertz CT molecular complexity index is 871. The highest BCUT2D eigenvalue weighted by Crippen LogP contribution is 2.23. The smallest absolute Gasteiger partial charge is 0.422 e. The van der Waals surface area contributed by atoms with Crippen LogP contribution in [-0.4, -0.2) is 50.0 Å². The molecule has 3 rings (SSSR count). The van der Waals surface area contributed by atoms with Gasteiger partial charge in [-0.15, -0.1) is 0 Å². The summed E-state index contributed by atoms with van der Waals surface area (Å²) in [6.45, 7) is 0.653. The predicted molar refractivity (Wildman–Crippen MR) is 101 cm³/mol. The molecule has 0 atom stereocenters. The number of rotatable bonds is 7. The number of pyridine rings is 1. The van der Waals surface area contributed by atoms with Gasteiger partial charge < -0.3 is 19.7 Å². The number of aromatic nitrogens is 1. The number of hydrogen-bond donors (Lipinski definition) is 1. The molecule has 1 aliphatic heterocycles. The largest absolute Gasteiger partial charge is 0.468 e. The number of carbonyl (C=O) groups is 1. The van der Waals surface area contributed by atoms with Gasteiger partial charge in [0, 0.05) is 25.7 Å². The molecule has 1 saturated heterocycles. The van der Waals surface area contributed by atoms with Crippen molar-refractivity contribution in [2.75, 3.05) is 37.8 Å². The number of nitrogens with zero attached hydrogens (tertiary/aromatic N) is 2. The van der Waals surface area contributed by atoms with Gasteiger partial charge in [-0.25, -0.2) is 4.39 Å². The number of morpholine rings is 1. The van der Waals surface area contributed by atoms with Gasteiger partial charge in [0.25, 0.3) is 0 Å². The van der Waals surface area contributed by atoms with Crippen molar-refractivity contribution < 1.29 is 31.8 Å². The van der Waals surface area contributed by atoms with Crippen LogP contribution in [0.4, 0.5) is 23.4 Å². The number of hydrogen-bond acceptors (Lipinski definition) is 5. The Balaban J connectivity index is 1.69. The molecule has 0 spiro atoms. The fourth-order valence-corrected chi connectivity index (χ4v) is 2.93. The van der Waals surface area contributed by atoms with E-state index < -0.39 is 18.6 Å². The molecule has 162 valence electrons. The molecule has 1 aromatic carbocycles. The summed E-state index contributed by atoms with van der Waals surface area (Å²) in [6.07, 6.45) is -4.51. The lowest BCUT2D eigenvalue weighted by molar-refractivity contribution is -0.154. The van der Waals surface area contributed by atoms with E-state index in [1.807, 2.05) is 4.90 Å². The fourth-order valence-electron chi connectivity index (χ4n) is 2.93. The number of halogens is 4. The Morgan fingerprint density at radius 1 is 1.17 bits per heavy atom. The molecule has 1 aromatic heterocycles. The van der Waals surface area contributed by atoms with Crippen LogP contribution >= 0.6 is 0 Å². The van der Waals surface area contributed by atoms with E-state index in [2.05, 4.69) is 10.3 Å². The first-order chi connectivity index (χ1) is 14.3. The Morgan fingerprint density at radius 2 is 1.93 bits per heavy atom. The summed E-state index contributed by atoms with van der Waals surface area (Å²) in [5, 5.41) is 2.69. The SMILES string of the molecule is O=C(Cc1cccc(F)c1)NCc1cc(OCC(F)(F)F)nc(N2CCOCC2)c1. The highest BCUT2D eigenvalue weighted by Gasteiger charge is 2.29. The van der Waals surface area contributed by atoms with Gasteiger partial charge in [0.2, 0.25) is 11.8 Å². The molecule has 30 heavy (non-hydrogen) atoms. The molecule has 6 nitrogen and oxygen atoms in total. The Kier molecular flexibility index (Phi) is 7.09. The standard InChI is InChI=1S/C20H21F4N3O3/c21-16-3-1-2-14(8-16)10-18(28)25-12-15-9-17(27-4-6-29-7-5-27)26-19(11-15)30-13-20(22,23)24/h1-3,8-9,11H,4-7,10,12-13H2,(H,25,28). The normalized spacial score (nSPS) is 14.5. The summed E-state index contributed by atoms with van der Waals surface area (Å²) in [4.78, 5) is 18.2. The molecular formula is C20H21F4N3O3. The predicted octanol–water partition coefficient (Wildman–Crippen LogP) is 2.86. The number of benzene rings is 1. The van der Waals surface area contributed by atoms with Crippen molar-refractivity contribution in [2.45, 2.75) is 19.1 Å². The van der Waals surface area contributed by atoms with Crippen LogP contribution in [0.25, 0.3) is 0 Å². The molecule has 10 heteroatoms. The second kappa shape index (κ2) is 9.75. The van der Waals surface area contributed by atoms with E-state index >= 15 is 0 Å². The summed E-state index contributed by atoms with van der Waals surface area (Å²) in [6, 6.07) is 8.75. The lowest BCUT2D eigenvalue weighted by Crippen LogP contribution is -2.37. The molecule has 2 heterocycles. The van der Waals surface area contributed by atoms with Crippen molar-refractivity contribution in [1.82, 2.24) is 10.3 Å². The number of nitrogens with one attached hydrogen (secondary N) is 1. The van der Waals surface area contributed by atoms with Crippen LogP contribution in [0.15, 0.2) is 36.4 Å². The van der Waals surface area contributed by atoms with Crippen LogP contribution in [0.5, 0.6) is 5.88 Å². The van der Waals surface area contributed by atoms with Gasteiger partial charge in [0.1, 0.15) is 11.6 Å². The first-order valence-corrected chi connectivity index (χ1v) is 9.33. The first kappa shape index (κ1) is 21.8. The minimum absolute atomic E-state index is 0.0173. The zero-order valence-corrected chi connectivity index (χ0v) is 16.0. The maximum absolute atomic E-state index is 13.2. The highest BCUT2D eigenvalue weighted by molar-refractivity contribution is 5.78. The van der Waals surface area contributed by atoms with Gasteiger partial charge in [0.15, 0.2) is 6.61 Å². The van der Waals surface area contributed by atoms with Crippen molar-refractivity contribution in [3.63, 3.8) is 0 Å². The Labute approximate surface area is 170 Å². The van der Waals surface area contributed by atoms with Crippen LogP contribution in [0.1, 0.15) is 11.1 Å². The molecule has 2 aromatic rings. The number of amides is 1. The minimum Gasteiger partial charge on any atom is -0.468 e. The third-order valence-electron chi connectivity index (χ3n) is 4.31. The summed E-state index contributed by atoms with van der Waals surface area (Å²) >= 11 is 0. The van der Waals surface area contributed by atoms with Gasteiger partial charge in [-0.3, -0.25) is 4.79 Å². The number of ether oxygens (including phenoxy) is 2. The van der Waals surface area contributed by atoms with E-state index in [9.17, 15) is 22.4 Å². The van der Waals surface area contributed by atoms with Crippen molar-refractivity contribution in [2.24, 2.45) is 0 Å². The van der Waals surface area contributed by atoms with Crippen molar-refractivity contribution in [3.8, 4) is 5.88 Å². The van der Waals surface area contributed by atoms with E-state index in [0.29, 0.717) is 43.2 Å². The van der Waals surface area contributed by atoms with Crippen LogP contribution in [0.3, 0.4) is 0 Å². The molecule has 1 aliphatic rings. The fraction of sp³-hybridized carbons (Fsp3) is 0.400. The number of carbonyl (C=O) groups excluding carboxylic acids is 1. The average Bonchev–Trinajstić information content (AvgIpc) is 2.71. The maximum Gasteiger partial charge on any atom is 0.422 e. The molecular weight excluding hydrogens is 406 g/mol. The van der Waals surface area contributed by atoms with Crippen LogP contribution < -0.4 is 15.0 Å². The molecule has 1 amide bonds. The molecule has 1 fully saturated rings. The van der Waals surface area contributed by atoms with E-state index in [-0.39, 0.29) is 24.8 Å². The van der Waals surface area contributed by atoms with Gasteiger partial charge in [0.05, 0.1) is 19.6 Å². The first-order valence-electron chi connectivity index (χ1n) is 9.33. The highest BCUT2D eigenvalue weighted by atomic mass is 19.4. The summed E-state index contributed by atoms with van der Waals surface area (Å²) < 4.78 is 60.9. The zero-order chi connectivity index (χ0) is 21.6. The lowest BCUT2D eigenvalue weighted by Gasteiger charge is -2.28. The zero-order valence-electron chi connectivity index (χ0n) is 16.0. The van der Waals surface area contributed by atoms with Crippen LogP contribution in [0, 0.1) is 5.82 Å². The Hall–Kier alpha value is -2.88. The summed E-state index contributed by atoms with van der Waals surface area (Å²) in [5.74, 6) is -0.503. The second-order valence-electron chi connectivity index (χ2n) is 6.76. The summed E-state index contributed by atoms with van der Waals surface area (Å²) in [5.41, 5.74) is 1.06. The van der Waals surface area contributed by atoms with E-state index in [1.54, 1.807) is 12.1 Å². The van der Waals surface area contributed by atoms with Gasteiger partial charge in [-0.05, 0) is 29.3 Å². The second-order valence-corrected chi connectivity index (χ2v) is 6.76. The average molecular weight is 427 g/mol. The maximum atomic E-state index is 13.2. The van der Waals surface area contributed by atoms with E-state index in [0.717, 1.165) is 0 Å². The van der Waals surface area contributed by atoms with Gasteiger partial charge >= 0.3 is 6.18 Å². The quantitative estimate of drug-likeness (QED) is 0.689. The topological polar surface area (TPSA) is 63.7 Å². The van der Waals surface area contributed by atoms with Crippen molar-refractivity contribution in [1.29, 1.82) is 0 Å². The number of anilines is 1. The van der Waals surface area contributed by atoms with Crippen molar-refractivity contribution in [3.05, 3.63) is 53.3 Å². The Morgan fingerprint density at radius 3 is 2.63 bits per heavy atom. The molecule has 0 radical (unpaired) electrons. The third kappa shape index (κ3) is 6.87.